The first-order valence-corrected chi connectivity index (χ1v) is 8.79. The maximum Gasteiger partial charge on any atom is 0.0738 e. The van der Waals surface area contributed by atoms with Crippen LogP contribution in [0.4, 0.5) is 5.69 Å². The average Bonchev–Trinajstić information content (AvgIpc) is 2.50. The van der Waals surface area contributed by atoms with Gasteiger partial charge in [0.25, 0.3) is 0 Å². The molecule has 2 fully saturated rings. The second-order valence-corrected chi connectivity index (χ2v) is 7.81. The average molecular weight is 309 g/mol. The SMILES string of the molecule is Cc1cc(S(=O)C2CCOC3(CCOCC3)C2)ccc1N. The molecule has 0 aromatic heterocycles. The van der Waals surface area contributed by atoms with Gasteiger partial charge in [-0.15, -0.1) is 0 Å². The minimum Gasteiger partial charge on any atom is -0.399 e. The molecule has 2 saturated heterocycles. The van der Waals surface area contributed by atoms with E-state index in [1.54, 1.807) is 0 Å². The summed E-state index contributed by atoms with van der Waals surface area (Å²) in [7, 11) is -0.992. The highest BCUT2D eigenvalue weighted by atomic mass is 32.2. The summed E-state index contributed by atoms with van der Waals surface area (Å²) in [6.07, 6.45) is 3.56. The molecule has 21 heavy (non-hydrogen) atoms. The number of hydrogen-bond donors (Lipinski definition) is 1. The molecule has 0 aliphatic carbocycles. The maximum absolute atomic E-state index is 12.9. The van der Waals surface area contributed by atoms with Gasteiger partial charge in [0.2, 0.25) is 0 Å². The number of rotatable bonds is 2. The Balaban J connectivity index is 1.76. The molecule has 0 bridgehead atoms. The summed E-state index contributed by atoms with van der Waals surface area (Å²) >= 11 is 0. The van der Waals surface area contributed by atoms with Gasteiger partial charge in [-0.05, 0) is 56.4 Å². The molecule has 1 spiro atoms. The highest BCUT2D eigenvalue weighted by Crippen LogP contribution is 2.37. The van der Waals surface area contributed by atoms with E-state index in [4.69, 9.17) is 15.2 Å². The van der Waals surface area contributed by atoms with Gasteiger partial charge in [-0.2, -0.15) is 0 Å². The predicted molar refractivity (Wildman–Crippen MR) is 83.8 cm³/mol. The van der Waals surface area contributed by atoms with E-state index in [0.29, 0.717) is 6.61 Å². The van der Waals surface area contributed by atoms with Crippen LogP contribution in [0.15, 0.2) is 23.1 Å². The zero-order chi connectivity index (χ0) is 14.9. The molecular weight excluding hydrogens is 286 g/mol. The van der Waals surface area contributed by atoms with Gasteiger partial charge in [-0.25, -0.2) is 0 Å². The van der Waals surface area contributed by atoms with E-state index in [2.05, 4.69) is 0 Å². The molecule has 2 N–H and O–H groups in total. The van der Waals surface area contributed by atoms with E-state index in [1.807, 2.05) is 25.1 Å². The number of aryl methyl sites for hydroxylation is 1. The monoisotopic (exact) mass is 309 g/mol. The van der Waals surface area contributed by atoms with Crippen LogP contribution in [0.1, 0.15) is 31.2 Å². The molecule has 2 atom stereocenters. The number of benzene rings is 1. The standard InChI is InChI=1S/C16H23NO3S/c1-12-10-13(2-3-15(12)17)21(18)14-4-7-20-16(11-14)5-8-19-9-6-16/h2-3,10,14H,4-9,11,17H2,1H3. The highest BCUT2D eigenvalue weighted by molar-refractivity contribution is 7.85. The van der Waals surface area contributed by atoms with Gasteiger partial charge in [0.05, 0.1) is 16.4 Å². The van der Waals surface area contributed by atoms with Crippen LogP contribution in [0.2, 0.25) is 0 Å². The van der Waals surface area contributed by atoms with Crippen molar-refractivity contribution in [2.75, 3.05) is 25.6 Å². The fraction of sp³-hybridized carbons (Fsp3) is 0.625. The van der Waals surface area contributed by atoms with Crippen LogP contribution in [0.25, 0.3) is 0 Å². The molecular formula is C16H23NO3S. The van der Waals surface area contributed by atoms with E-state index in [9.17, 15) is 4.21 Å². The summed E-state index contributed by atoms with van der Waals surface area (Å²) in [6.45, 7) is 4.16. The van der Waals surface area contributed by atoms with Gasteiger partial charge in [0.1, 0.15) is 0 Å². The fourth-order valence-electron chi connectivity index (χ4n) is 3.22. The van der Waals surface area contributed by atoms with Crippen LogP contribution in [0, 0.1) is 6.92 Å². The van der Waals surface area contributed by atoms with Gasteiger partial charge in [0, 0.05) is 35.7 Å². The third-order valence-electron chi connectivity index (χ3n) is 4.63. The lowest BCUT2D eigenvalue weighted by atomic mass is 9.86. The highest BCUT2D eigenvalue weighted by Gasteiger charge is 2.41. The van der Waals surface area contributed by atoms with Crippen molar-refractivity contribution >= 4 is 16.5 Å². The Morgan fingerprint density at radius 2 is 2.05 bits per heavy atom. The van der Waals surface area contributed by atoms with Crippen molar-refractivity contribution in [1.82, 2.24) is 0 Å². The molecule has 2 aliphatic rings. The van der Waals surface area contributed by atoms with E-state index < -0.39 is 10.8 Å². The van der Waals surface area contributed by atoms with Crippen LogP contribution in [0.5, 0.6) is 0 Å². The topological polar surface area (TPSA) is 61.5 Å². The van der Waals surface area contributed by atoms with Crippen molar-refractivity contribution in [3.8, 4) is 0 Å². The first-order valence-electron chi connectivity index (χ1n) is 7.58. The second kappa shape index (κ2) is 6.07. The van der Waals surface area contributed by atoms with Crippen molar-refractivity contribution in [2.45, 2.75) is 48.4 Å². The van der Waals surface area contributed by atoms with Crippen molar-refractivity contribution in [3.63, 3.8) is 0 Å². The summed E-state index contributed by atoms with van der Waals surface area (Å²) in [6, 6.07) is 5.70. The Morgan fingerprint density at radius 1 is 1.29 bits per heavy atom. The van der Waals surface area contributed by atoms with Gasteiger partial charge in [0.15, 0.2) is 0 Å². The number of anilines is 1. The molecule has 0 amide bonds. The Hall–Kier alpha value is -0.910. The van der Waals surface area contributed by atoms with Crippen LogP contribution >= 0.6 is 0 Å². The van der Waals surface area contributed by atoms with Crippen LogP contribution in [-0.2, 0) is 20.3 Å². The largest absolute Gasteiger partial charge is 0.399 e. The van der Waals surface area contributed by atoms with E-state index in [0.717, 1.165) is 55.0 Å². The number of nitrogen functional groups attached to an aromatic ring is 1. The van der Waals surface area contributed by atoms with Crippen molar-refractivity contribution in [2.24, 2.45) is 0 Å². The van der Waals surface area contributed by atoms with Gasteiger partial charge < -0.3 is 15.2 Å². The zero-order valence-corrected chi connectivity index (χ0v) is 13.3. The second-order valence-electron chi connectivity index (χ2n) is 6.07. The molecule has 3 rings (SSSR count). The summed E-state index contributed by atoms with van der Waals surface area (Å²) in [5.41, 5.74) is 7.48. The maximum atomic E-state index is 12.9. The van der Waals surface area contributed by atoms with Crippen molar-refractivity contribution in [3.05, 3.63) is 23.8 Å². The quantitative estimate of drug-likeness (QED) is 0.852. The molecule has 0 saturated carbocycles. The van der Waals surface area contributed by atoms with Gasteiger partial charge in [-0.3, -0.25) is 4.21 Å². The molecule has 0 radical (unpaired) electrons. The number of ether oxygens (including phenoxy) is 2. The normalized spacial score (nSPS) is 26.6. The number of hydrogen-bond acceptors (Lipinski definition) is 4. The van der Waals surface area contributed by atoms with Crippen molar-refractivity contribution < 1.29 is 13.7 Å². The van der Waals surface area contributed by atoms with Gasteiger partial charge in [-0.1, -0.05) is 0 Å². The lowest BCUT2D eigenvalue weighted by Crippen LogP contribution is -2.46. The molecule has 2 unspecified atom stereocenters. The lowest BCUT2D eigenvalue weighted by Gasteiger charge is -2.43. The fourth-order valence-corrected chi connectivity index (χ4v) is 4.87. The summed E-state index contributed by atoms with van der Waals surface area (Å²) in [5.74, 6) is 0. The Labute approximate surface area is 128 Å². The lowest BCUT2D eigenvalue weighted by molar-refractivity contribution is -0.131. The molecule has 116 valence electrons. The van der Waals surface area contributed by atoms with Crippen LogP contribution in [0.3, 0.4) is 0 Å². The smallest absolute Gasteiger partial charge is 0.0738 e. The van der Waals surface area contributed by atoms with Gasteiger partial charge >= 0.3 is 0 Å². The molecule has 2 heterocycles. The zero-order valence-electron chi connectivity index (χ0n) is 12.5. The molecule has 5 heteroatoms. The Morgan fingerprint density at radius 3 is 2.76 bits per heavy atom. The summed E-state index contributed by atoms with van der Waals surface area (Å²) < 4.78 is 24.3. The first kappa shape index (κ1) is 15.0. The van der Waals surface area contributed by atoms with E-state index >= 15 is 0 Å². The molecule has 1 aromatic carbocycles. The van der Waals surface area contributed by atoms with Crippen molar-refractivity contribution in [1.29, 1.82) is 0 Å². The summed E-state index contributed by atoms with van der Waals surface area (Å²) in [4.78, 5) is 0.885. The van der Waals surface area contributed by atoms with Crippen LogP contribution in [-0.4, -0.2) is 34.9 Å². The number of nitrogens with two attached hydrogens (primary N) is 1. The predicted octanol–water partition coefficient (Wildman–Crippen LogP) is 2.41. The first-order chi connectivity index (χ1) is 10.1. The Kier molecular flexibility index (Phi) is 4.33. The Bertz CT molecular complexity index is 535. The molecule has 2 aliphatic heterocycles. The molecule has 4 nitrogen and oxygen atoms in total. The van der Waals surface area contributed by atoms with E-state index in [-0.39, 0.29) is 10.9 Å². The van der Waals surface area contributed by atoms with Crippen LogP contribution < -0.4 is 5.73 Å². The third-order valence-corrected chi connectivity index (χ3v) is 6.35. The minimum absolute atomic E-state index is 0.111. The third kappa shape index (κ3) is 3.15. The van der Waals surface area contributed by atoms with E-state index in [1.165, 1.54) is 0 Å². The molecule has 1 aromatic rings. The minimum atomic E-state index is -0.992. The summed E-state index contributed by atoms with van der Waals surface area (Å²) in [5, 5.41) is 0.167.